The van der Waals surface area contributed by atoms with Crippen LogP contribution in [0.3, 0.4) is 0 Å². The molecule has 1 saturated heterocycles. The van der Waals surface area contributed by atoms with Gasteiger partial charge in [-0.1, -0.05) is 0 Å². The lowest BCUT2D eigenvalue weighted by Gasteiger charge is -2.34. The van der Waals surface area contributed by atoms with Crippen molar-refractivity contribution in [2.45, 2.75) is 6.04 Å². The molecule has 2 aromatic rings. The molecule has 1 atom stereocenters. The third-order valence-electron chi connectivity index (χ3n) is 4.25. The first kappa shape index (κ1) is 19.4. The predicted octanol–water partition coefficient (Wildman–Crippen LogP) is 2.15. The number of halogens is 2. The fourth-order valence-corrected chi connectivity index (χ4v) is 3.56. The first-order valence-corrected chi connectivity index (χ1v) is 9.37. The lowest BCUT2D eigenvalue weighted by molar-refractivity contribution is -0.136. The number of nitrogens with zero attached hydrogens (tertiary/aromatic N) is 1. The Labute approximate surface area is 159 Å². The molecule has 0 unspecified atom stereocenters. The number of carbonyl (C=O) groups excluding carboxylic acids is 2. The van der Waals surface area contributed by atoms with Crippen molar-refractivity contribution in [1.29, 1.82) is 0 Å². The van der Waals surface area contributed by atoms with Crippen LogP contribution in [0.2, 0.25) is 0 Å². The lowest BCUT2D eigenvalue weighted by atomic mass is 10.1. The molecule has 0 saturated carbocycles. The van der Waals surface area contributed by atoms with Gasteiger partial charge in [0.15, 0.2) is 0 Å². The van der Waals surface area contributed by atoms with Gasteiger partial charge in [-0.3, -0.25) is 14.5 Å². The van der Waals surface area contributed by atoms with Crippen molar-refractivity contribution in [2.75, 3.05) is 38.2 Å². The average molecular weight is 395 g/mol. The summed E-state index contributed by atoms with van der Waals surface area (Å²) < 4.78 is 32.1. The second kappa shape index (κ2) is 9.03. The summed E-state index contributed by atoms with van der Waals surface area (Å²) in [6.45, 7) is 2.87. The molecule has 0 aliphatic carbocycles. The Kier molecular flexibility index (Phi) is 6.49. The number of ether oxygens (including phenoxy) is 1. The van der Waals surface area contributed by atoms with Gasteiger partial charge in [0.25, 0.3) is 0 Å². The monoisotopic (exact) mass is 395 g/mol. The second-order valence-corrected chi connectivity index (χ2v) is 6.79. The summed E-state index contributed by atoms with van der Waals surface area (Å²) in [6.07, 6.45) is 0. The van der Waals surface area contributed by atoms with Gasteiger partial charge >= 0.3 is 11.8 Å². The van der Waals surface area contributed by atoms with Crippen molar-refractivity contribution in [3.63, 3.8) is 0 Å². The molecule has 0 radical (unpaired) electrons. The summed E-state index contributed by atoms with van der Waals surface area (Å²) in [5, 5.41) is 8.61. The van der Waals surface area contributed by atoms with Crippen LogP contribution in [0.25, 0.3) is 0 Å². The zero-order chi connectivity index (χ0) is 19.2. The summed E-state index contributed by atoms with van der Waals surface area (Å²) in [6, 6.07) is 4.51. The molecule has 2 N–H and O–H groups in total. The third kappa shape index (κ3) is 5.09. The second-order valence-electron chi connectivity index (χ2n) is 6.01. The number of thiophene rings is 1. The number of benzene rings is 1. The number of carbonyl (C=O) groups is 2. The number of anilines is 1. The Morgan fingerprint density at radius 2 is 1.96 bits per heavy atom. The number of morpholine rings is 1. The molecule has 144 valence electrons. The van der Waals surface area contributed by atoms with E-state index in [0.717, 1.165) is 36.9 Å². The molecule has 9 heteroatoms. The number of amides is 2. The van der Waals surface area contributed by atoms with E-state index in [1.165, 1.54) is 0 Å². The molecule has 27 heavy (non-hydrogen) atoms. The predicted molar refractivity (Wildman–Crippen MR) is 97.4 cm³/mol. The fourth-order valence-electron chi connectivity index (χ4n) is 2.85. The summed E-state index contributed by atoms with van der Waals surface area (Å²) >= 11 is 1.55. The van der Waals surface area contributed by atoms with Crippen molar-refractivity contribution < 1.29 is 23.1 Å². The molecule has 6 nitrogen and oxygen atoms in total. The number of hydrogen-bond acceptors (Lipinski definition) is 5. The van der Waals surface area contributed by atoms with E-state index in [0.29, 0.717) is 13.2 Å². The van der Waals surface area contributed by atoms with E-state index in [2.05, 4.69) is 15.5 Å². The van der Waals surface area contributed by atoms with Crippen LogP contribution in [0.5, 0.6) is 0 Å². The highest BCUT2D eigenvalue weighted by Crippen LogP contribution is 2.23. The normalized spacial score (nSPS) is 15.9. The summed E-state index contributed by atoms with van der Waals surface area (Å²) in [4.78, 5) is 26.3. The van der Waals surface area contributed by atoms with E-state index in [1.54, 1.807) is 11.3 Å². The van der Waals surface area contributed by atoms with E-state index < -0.39 is 23.4 Å². The first-order chi connectivity index (χ1) is 13.0. The summed E-state index contributed by atoms with van der Waals surface area (Å²) in [5.41, 5.74) is 0.663. The minimum Gasteiger partial charge on any atom is -0.379 e. The molecular formula is C18H19F2N3O3S. The molecule has 2 heterocycles. The standard InChI is InChI=1S/C18H19F2N3O3S/c19-13-1-2-14(20)15(9-13)22-18(25)17(24)21-10-16(12-3-8-27-11-12)23-4-6-26-7-5-23/h1-3,8-9,11,16H,4-7,10H2,(H,21,24)(H,22,25)/t16-/m0/s1. The van der Waals surface area contributed by atoms with Gasteiger partial charge in [-0.25, -0.2) is 8.78 Å². The highest BCUT2D eigenvalue weighted by molar-refractivity contribution is 7.08. The van der Waals surface area contributed by atoms with Crippen molar-refractivity contribution in [3.8, 4) is 0 Å². The number of hydrogen-bond donors (Lipinski definition) is 2. The maximum Gasteiger partial charge on any atom is 0.313 e. The molecule has 2 amide bonds. The van der Waals surface area contributed by atoms with Crippen LogP contribution >= 0.6 is 11.3 Å². The van der Waals surface area contributed by atoms with E-state index in [-0.39, 0.29) is 18.3 Å². The largest absolute Gasteiger partial charge is 0.379 e. The van der Waals surface area contributed by atoms with Crippen LogP contribution in [-0.4, -0.2) is 49.6 Å². The van der Waals surface area contributed by atoms with Gasteiger partial charge in [0.1, 0.15) is 11.6 Å². The Morgan fingerprint density at radius 3 is 2.67 bits per heavy atom. The molecule has 1 aliphatic heterocycles. The Morgan fingerprint density at radius 1 is 1.19 bits per heavy atom. The maximum atomic E-state index is 13.6. The smallest absolute Gasteiger partial charge is 0.313 e. The molecular weight excluding hydrogens is 376 g/mol. The molecule has 3 rings (SSSR count). The molecule has 1 aromatic carbocycles. The number of rotatable bonds is 5. The summed E-state index contributed by atoms with van der Waals surface area (Å²) in [5.74, 6) is -3.49. The quantitative estimate of drug-likeness (QED) is 0.762. The van der Waals surface area contributed by atoms with Crippen molar-refractivity contribution in [1.82, 2.24) is 10.2 Å². The first-order valence-electron chi connectivity index (χ1n) is 8.42. The van der Waals surface area contributed by atoms with Gasteiger partial charge in [0, 0.05) is 25.7 Å². The molecule has 0 spiro atoms. The highest BCUT2D eigenvalue weighted by Gasteiger charge is 2.25. The molecule has 1 aliphatic rings. The maximum absolute atomic E-state index is 13.6. The van der Waals surface area contributed by atoms with Crippen molar-refractivity contribution in [2.24, 2.45) is 0 Å². The Balaban J connectivity index is 1.61. The van der Waals surface area contributed by atoms with Gasteiger partial charge < -0.3 is 15.4 Å². The lowest BCUT2D eigenvalue weighted by Crippen LogP contribution is -2.45. The van der Waals surface area contributed by atoms with Gasteiger partial charge in [-0.05, 0) is 34.5 Å². The molecule has 1 fully saturated rings. The summed E-state index contributed by atoms with van der Waals surface area (Å²) in [7, 11) is 0. The van der Waals surface area contributed by atoms with Crippen LogP contribution < -0.4 is 10.6 Å². The highest BCUT2D eigenvalue weighted by atomic mass is 32.1. The zero-order valence-electron chi connectivity index (χ0n) is 14.4. The van der Waals surface area contributed by atoms with E-state index in [1.807, 2.05) is 16.8 Å². The topological polar surface area (TPSA) is 70.7 Å². The Hall–Kier alpha value is -2.36. The minimum absolute atomic E-state index is 0.0946. The van der Waals surface area contributed by atoms with E-state index in [4.69, 9.17) is 4.74 Å². The molecule has 0 bridgehead atoms. The van der Waals surface area contributed by atoms with Crippen LogP contribution in [0.15, 0.2) is 35.0 Å². The van der Waals surface area contributed by atoms with E-state index in [9.17, 15) is 18.4 Å². The van der Waals surface area contributed by atoms with Crippen molar-refractivity contribution in [3.05, 3.63) is 52.2 Å². The SMILES string of the molecule is O=C(NC[C@@H](c1ccsc1)N1CCOCC1)C(=O)Nc1cc(F)ccc1F. The van der Waals surface area contributed by atoms with Gasteiger partial charge in [0.05, 0.1) is 24.9 Å². The van der Waals surface area contributed by atoms with Gasteiger partial charge in [-0.15, -0.1) is 0 Å². The van der Waals surface area contributed by atoms with E-state index >= 15 is 0 Å². The zero-order valence-corrected chi connectivity index (χ0v) is 15.2. The van der Waals surface area contributed by atoms with Gasteiger partial charge in [0.2, 0.25) is 0 Å². The minimum atomic E-state index is -1.05. The van der Waals surface area contributed by atoms with Crippen LogP contribution in [-0.2, 0) is 14.3 Å². The van der Waals surface area contributed by atoms with Crippen molar-refractivity contribution >= 4 is 28.8 Å². The van der Waals surface area contributed by atoms with Gasteiger partial charge in [-0.2, -0.15) is 11.3 Å². The van der Waals surface area contributed by atoms with Crippen LogP contribution in [0.4, 0.5) is 14.5 Å². The van der Waals surface area contributed by atoms with Crippen LogP contribution in [0, 0.1) is 11.6 Å². The van der Waals surface area contributed by atoms with Crippen LogP contribution in [0.1, 0.15) is 11.6 Å². The molecule has 1 aromatic heterocycles. The fraction of sp³-hybridized carbons (Fsp3) is 0.333. The Bertz CT molecular complexity index is 795. The third-order valence-corrected chi connectivity index (χ3v) is 4.95. The average Bonchev–Trinajstić information content (AvgIpc) is 3.20. The number of nitrogens with one attached hydrogen (secondary N) is 2.